The van der Waals surface area contributed by atoms with Crippen LogP contribution < -0.4 is 0 Å². The summed E-state index contributed by atoms with van der Waals surface area (Å²) in [6.45, 7) is 2.17. The van der Waals surface area contributed by atoms with Gasteiger partial charge in [-0.2, -0.15) is 0 Å². The van der Waals surface area contributed by atoms with Crippen LogP contribution in [0.5, 0.6) is 0 Å². The number of carbonyl (C=O) groups excluding carboxylic acids is 1. The molecule has 0 spiro atoms. The zero-order chi connectivity index (χ0) is 14.5. The van der Waals surface area contributed by atoms with Crippen LogP contribution in [-0.4, -0.2) is 36.0 Å². The molecule has 0 radical (unpaired) electrons. The highest BCUT2D eigenvalue weighted by Gasteiger charge is 2.26. The quantitative estimate of drug-likeness (QED) is 0.478. The van der Waals surface area contributed by atoms with Gasteiger partial charge in [0.15, 0.2) is 0 Å². The van der Waals surface area contributed by atoms with Crippen LogP contribution in [0.2, 0.25) is 0 Å². The predicted octanol–water partition coefficient (Wildman–Crippen LogP) is 1.98. The van der Waals surface area contributed by atoms with Crippen molar-refractivity contribution in [3.63, 3.8) is 0 Å². The molecule has 1 atom stereocenters. The van der Waals surface area contributed by atoms with Gasteiger partial charge in [0.05, 0.1) is 18.0 Å². The first-order chi connectivity index (χ1) is 9.60. The average molecular weight is 278 g/mol. The van der Waals surface area contributed by atoms with E-state index in [4.69, 9.17) is 4.74 Å². The molecule has 1 aromatic rings. The number of hydrogen-bond donors (Lipinski definition) is 0. The zero-order valence-corrected chi connectivity index (χ0v) is 11.4. The standard InChI is InChI=1S/C14H18N2O4/c1-20-14(17)12-5-3-7-15(10-12)9-11-4-2-6-13(8-11)16(18)19/h2,4,6,8,12H,3,5,7,9-10H2,1H3/t12-/m0/s1. The van der Waals surface area contributed by atoms with Crippen LogP contribution in [0.25, 0.3) is 0 Å². The van der Waals surface area contributed by atoms with E-state index in [0.29, 0.717) is 13.1 Å². The smallest absolute Gasteiger partial charge is 0.309 e. The van der Waals surface area contributed by atoms with E-state index >= 15 is 0 Å². The van der Waals surface area contributed by atoms with Gasteiger partial charge in [0.25, 0.3) is 5.69 Å². The Hall–Kier alpha value is -1.95. The second kappa shape index (κ2) is 6.47. The lowest BCUT2D eigenvalue weighted by molar-refractivity contribution is -0.384. The Morgan fingerprint density at radius 2 is 2.35 bits per heavy atom. The summed E-state index contributed by atoms with van der Waals surface area (Å²) in [5.41, 5.74) is 0.994. The number of non-ortho nitro benzene ring substituents is 1. The predicted molar refractivity (Wildman–Crippen MR) is 73.1 cm³/mol. The molecule has 1 heterocycles. The summed E-state index contributed by atoms with van der Waals surface area (Å²) in [5, 5.41) is 10.8. The summed E-state index contributed by atoms with van der Waals surface area (Å²) in [4.78, 5) is 24.1. The molecule has 6 nitrogen and oxygen atoms in total. The van der Waals surface area contributed by atoms with Gasteiger partial charge in [0.1, 0.15) is 0 Å². The van der Waals surface area contributed by atoms with Gasteiger partial charge in [-0.1, -0.05) is 12.1 Å². The molecule has 0 unspecified atom stereocenters. The lowest BCUT2D eigenvalue weighted by Crippen LogP contribution is -2.38. The SMILES string of the molecule is COC(=O)[C@H]1CCCN(Cc2cccc([N+](=O)[O-])c2)C1. The highest BCUT2D eigenvalue weighted by atomic mass is 16.6. The van der Waals surface area contributed by atoms with Gasteiger partial charge < -0.3 is 4.74 Å². The number of carbonyl (C=O) groups is 1. The van der Waals surface area contributed by atoms with Crippen molar-refractivity contribution in [2.45, 2.75) is 19.4 Å². The van der Waals surface area contributed by atoms with E-state index in [1.54, 1.807) is 12.1 Å². The van der Waals surface area contributed by atoms with E-state index in [9.17, 15) is 14.9 Å². The largest absolute Gasteiger partial charge is 0.469 e. The second-order valence-electron chi connectivity index (χ2n) is 5.02. The van der Waals surface area contributed by atoms with Gasteiger partial charge >= 0.3 is 5.97 Å². The van der Waals surface area contributed by atoms with E-state index in [0.717, 1.165) is 24.9 Å². The first kappa shape index (κ1) is 14.5. The number of rotatable bonds is 4. The second-order valence-corrected chi connectivity index (χ2v) is 5.02. The Labute approximate surface area is 117 Å². The highest BCUT2D eigenvalue weighted by Crippen LogP contribution is 2.21. The number of likely N-dealkylation sites (tertiary alicyclic amines) is 1. The monoisotopic (exact) mass is 278 g/mol. The highest BCUT2D eigenvalue weighted by molar-refractivity contribution is 5.72. The number of esters is 1. The molecule has 2 rings (SSSR count). The molecular weight excluding hydrogens is 260 g/mol. The number of hydrogen-bond acceptors (Lipinski definition) is 5. The Bertz CT molecular complexity index is 504. The fourth-order valence-corrected chi connectivity index (χ4v) is 2.58. The molecule has 0 amide bonds. The van der Waals surface area contributed by atoms with Crippen molar-refractivity contribution in [1.82, 2.24) is 4.90 Å². The van der Waals surface area contributed by atoms with Gasteiger partial charge in [0, 0.05) is 25.2 Å². The molecule has 1 aromatic carbocycles. The maximum Gasteiger partial charge on any atom is 0.309 e. The molecule has 20 heavy (non-hydrogen) atoms. The third kappa shape index (κ3) is 3.54. The van der Waals surface area contributed by atoms with Crippen molar-refractivity contribution in [3.05, 3.63) is 39.9 Å². The molecule has 0 saturated carbocycles. The Kier molecular flexibility index (Phi) is 4.68. The minimum Gasteiger partial charge on any atom is -0.469 e. The molecule has 0 N–H and O–H groups in total. The molecule has 1 saturated heterocycles. The lowest BCUT2D eigenvalue weighted by atomic mass is 9.98. The summed E-state index contributed by atoms with van der Waals surface area (Å²) in [7, 11) is 1.40. The fraction of sp³-hybridized carbons (Fsp3) is 0.500. The van der Waals surface area contributed by atoms with Crippen LogP contribution >= 0.6 is 0 Å². The van der Waals surface area contributed by atoms with Crippen molar-refractivity contribution in [1.29, 1.82) is 0 Å². The summed E-state index contributed by atoms with van der Waals surface area (Å²) in [6.07, 6.45) is 1.78. The third-order valence-electron chi connectivity index (χ3n) is 3.57. The fourth-order valence-electron chi connectivity index (χ4n) is 2.58. The van der Waals surface area contributed by atoms with Crippen LogP contribution in [-0.2, 0) is 16.1 Å². The van der Waals surface area contributed by atoms with Crippen LogP contribution in [0, 0.1) is 16.0 Å². The molecular formula is C14H18N2O4. The molecule has 1 fully saturated rings. The molecule has 0 aliphatic carbocycles. The summed E-state index contributed by atoms with van der Waals surface area (Å²) >= 11 is 0. The van der Waals surface area contributed by atoms with Gasteiger partial charge in [-0.3, -0.25) is 19.8 Å². The Morgan fingerprint density at radius 3 is 3.05 bits per heavy atom. The normalized spacial score (nSPS) is 19.6. The maximum atomic E-state index is 11.6. The Balaban J connectivity index is 2.00. The van der Waals surface area contributed by atoms with Crippen molar-refractivity contribution >= 4 is 11.7 Å². The number of nitro benzene ring substituents is 1. The number of piperidine rings is 1. The number of ether oxygens (including phenoxy) is 1. The third-order valence-corrected chi connectivity index (χ3v) is 3.57. The minimum atomic E-state index is -0.392. The van der Waals surface area contributed by atoms with E-state index < -0.39 is 4.92 Å². The molecule has 6 heteroatoms. The molecule has 0 aromatic heterocycles. The first-order valence-electron chi connectivity index (χ1n) is 6.63. The van der Waals surface area contributed by atoms with Crippen LogP contribution in [0.15, 0.2) is 24.3 Å². The van der Waals surface area contributed by atoms with Crippen molar-refractivity contribution in [3.8, 4) is 0 Å². The molecule has 0 bridgehead atoms. The summed E-state index contributed by atoms with van der Waals surface area (Å²) in [5.74, 6) is -0.263. The number of nitrogens with zero attached hydrogens (tertiary/aromatic N) is 2. The first-order valence-corrected chi connectivity index (χ1v) is 6.63. The molecule has 1 aliphatic heterocycles. The number of benzene rings is 1. The topological polar surface area (TPSA) is 72.7 Å². The van der Waals surface area contributed by atoms with Crippen LogP contribution in [0.4, 0.5) is 5.69 Å². The zero-order valence-electron chi connectivity index (χ0n) is 11.4. The van der Waals surface area contributed by atoms with Crippen LogP contribution in [0.1, 0.15) is 18.4 Å². The summed E-state index contributed by atoms with van der Waals surface area (Å²) in [6, 6.07) is 6.63. The van der Waals surface area contributed by atoms with Gasteiger partial charge in [0.2, 0.25) is 0 Å². The van der Waals surface area contributed by atoms with E-state index in [1.165, 1.54) is 13.2 Å². The van der Waals surface area contributed by atoms with Crippen LogP contribution in [0.3, 0.4) is 0 Å². The van der Waals surface area contributed by atoms with Gasteiger partial charge in [-0.15, -0.1) is 0 Å². The van der Waals surface area contributed by atoms with Gasteiger partial charge in [-0.25, -0.2) is 0 Å². The minimum absolute atomic E-state index is 0.0903. The van der Waals surface area contributed by atoms with Gasteiger partial charge in [-0.05, 0) is 24.9 Å². The summed E-state index contributed by atoms with van der Waals surface area (Å²) < 4.78 is 4.78. The van der Waals surface area contributed by atoms with Crippen molar-refractivity contribution in [2.24, 2.45) is 5.92 Å². The van der Waals surface area contributed by atoms with E-state index in [2.05, 4.69) is 4.90 Å². The lowest BCUT2D eigenvalue weighted by Gasteiger charge is -2.31. The number of nitro groups is 1. The van der Waals surface area contributed by atoms with E-state index in [1.807, 2.05) is 6.07 Å². The molecule has 1 aliphatic rings. The molecule has 108 valence electrons. The number of methoxy groups -OCH3 is 1. The van der Waals surface area contributed by atoms with E-state index in [-0.39, 0.29) is 17.6 Å². The Morgan fingerprint density at radius 1 is 1.55 bits per heavy atom. The average Bonchev–Trinajstić information content (AvgIpc) is 2.47. The maximum absolute atomic E-state index is 11.6. The van der Waals surface area contributed by atoms with Crippen molar-refractivity contribution in [2.75, 3.05) is 20.2 Å². The van der Waals surface area contributed by atoms with Crippen molar-refractivity contribution < 1.29 is 14.5 Å².